The molecule has 15 nitrogen and oxygen atoms in total. The van der Waals surface area contributed by atoms with Gasteiger partial charge in [0.2, 0.25) is 0 Å². The van der Waals surface area contributed by atoms with Crippen molar-refractivity contribution in [2.24, 2.45) is 28.8 Å². The van der Waals surface area contributed by atoms with Crippen LogP contribution in [0.15, 0.2) is 64.4 Å². The molecular formula is C48H72N2O13. The minimum atomic E-state index is -1.87. The Morgan fingerprint density at radius 3 is 2.33 bits per heavy atom. The molecule has 0 aromatic rings. The predicted molar refractivity (Wildman–Crippen MR) is 233 cm³/mol. The number of aliphatic hydroxyl groups is 1. The zero-order valence-corrected chi connectivity index (χ0v) is 38.9. The third kappa shape index (κ3) is 9.85. The summed E-state index contributed by atoms with van der Waals surface area (Å²) in [6.07, 6.45) is 10.6. The number of methoxy groups -OCH3 is 2. The van der Waals surface area contributed by atoms with Crippen LogP contribution in [0.1, 0.15) is 87.5 Å². The summed E-state index contributed by atoms with van der Waals surface area (Å²) in [7, 11) is 5.29. The average molecular weight is 885 g/mol. The Bertz CT molecular complexity index is 1810. The lowest BCUT2D eigenvalue weighted by Gasteiger charge is -2.48. The maximum Gasteiger partial charge on any atom is 0.316 e. The third-order valence-electron chi connectivity index (χ3n) is 14.3. The SMILES string of the molecule is CN[C@H]1[C@H](C)O[C@@H](O[C@@H]2[C@@H](C)OC(O[C@@H]3/C(C)=C/CC4CC(CC5(C=C[C@@H](C)C(C(C)C)O5)O4)OC(=O)C4C=C(C)/C(=N\O)C5OC/C(=C\C=C\C3C)[C@@]45O)C[C@H]2OC)C[C@@H]1OC. The molecule has 6 heterocycles. The van der Waals surface area contributed by atoms with Crippen LogP contribution in [0.25, 0.3) is 0 Å². The number of carbonyl (C=O) groups excluding carboxylic acids is 1. The minimum Gasteiger partial charge on any atom is -0.462 e. The second-order valence-corrected chi connectivity index (χ2v) is 19.1. The molecule has 1 spiro atoms. The van der Waals surface area contributed by atoms with Gasteiger partial charge in [-0.15, -0.1) is 0 Å². The molecule has 18 atom stereocenters. The summed E-state index contributed by atoms with van der Waals surface area (Å²) >= 11 is 0. The Hall–Kier alpha value is -2.80. The van der Waals surface area contributed by atoms with Gasteiger partial charge in [0.15, 0.2) is 18.4 Å². The predicted octanol–water partition coefficient (Wildman–Crippen LogP) is 5.68. The number of hydrogen-bond donors (Lipinski definition) is 3. The molecule has 0 aromatic heterocycles. The fraction of sp³-hybridized carbons (Fsp3) is 0.750. The Morgan fingerprint density at radius 1 is 0.921 bits per heavy atom. The molecule has 15 heteroatoms. The zero-order valence-electron chi connectivity index (χ0n) is 38.9. The standard InChI is InChI=1S/C48H72N2O13/c1-25(2)42-28(5)17-18-47(63-42)23-34-20-33(62-47)16-15-27(4)43(26(3)13-12-14-32-24-56-45-40(50-53)29(6)19-35(46(51)59-34)48(32,45)52)60-39-22-37(55-11)44(31(8)58-39)61-38-21-36(54-10)41(49-9)30(7)57-38/h12-15,17-19,25-26,28,30-31,33-39,41-45,49,52-53H,16,20-24H2,1-11H3/b13-12+,27-15+,32-14+,50-40+/t26?,28-,30+,31-,33?,34?,35?,36+,37-,38+,39?,41+,42?,43+,44-,45?,47?,48-/m1/s1. The molecule has 3 N–H and O–H groups in total. The highest BCUT2D eigenvalue weighted by atomic mass is 16.7. The Morgan fingerprint density at radius 2 is 1.63 bits per heavy atom. The van der Waals surface area contributed by atoms with Gasteiger partial charge in [-0.25, -0.2) is 0 Å². The van der Waals surface area contributed by atoms with E-state index in [0.29, 0.717) is 36.8 Å². The molecule has 6 aliphatic heterocycles. The number of allylic oxidation sites excluding steroid dienone is 2. The van der Waals surface area contributed by atoms with E-state index in [2.05, 4.69) is 50.3 Å². The van der Waals surface area contributed by atoms with Gasteiger partial charge in [0.1, 0.15) is 35.5 Å². The lowest BCUT2D eigenvalue weighted by molar-refractivity contribution is -0.312. The van der Waals surface area contributed by atoms with E-state index in [9.17, 15) is 15.1 Å². The molecule has 352 valence electrons. The van der Waals surface area contributed by atoms with Crippen molar-refractivity contribution in [2.75, 3.05) is 27.9 Å². The van der Waals surface area contributed by atoms with E-state index in [-0.39, 0.29) is 73.1 Å². The fourth-order valence-electron chi connectivity index (χ4n) is 10.9. The van der Waals surface area contributed by atoms with Gasteiger partial charge >= 0.3 is 5.97 Å². The molecule has 1 aliphatic carbocycles. The van der Waals surface area contributed by atoms with E-state index in [1.807, 2.05) is 46.0 Å². The molecule has 0 radical (unpaired) electrons. The quantitative estimate of drug-likeness (QED) is 0.118. The van der Waals surface area contributed by atoms with Gasteiger partial charge in [0.05, 0.1) is 55.4 Å². The molecule has 63 heavy (non-hydrogen) atoms. The molecule has 7 rings (SSSR count). The van der Waals surface area contributed by atoms with E-state index in [1.165, 1.54) is 0 Å². The molecule has 7 aliphatic rings. The average Bonchev–Trinajstić information content (AvgIpc) is 3.58. The van der Waals surface area contributed by atoms with Crippen molar-refractivity contribution in [3.05, 3.63) is 59.3 Å². The van der Waals surface area contributed by atoms with Crippen LogP contribution in [0.5, 0.6) is 0 Å². The monoisotopic (exact) mass is 885 g/mol. The molecule has 4 fully saturated rings. The van der Waals surface area contributed by atoms with E-state index in [4.69, 9.17) is 47.4 Å². The Kier molecular flexibility index (Phi) is 15.3. The number of hydrogen-bond acceptors (Lipinski definition) is 15. The maximum absolute atomic E-state index is 14.4. The summed E-state index contributed by atoms with van der Waals surface area (Å²) in [5.74, 6) is -2.66. The minimum absolute atomic E-state index is 0.0149. The summed E-state index contributed by atoms with van der Waals surface area (Å²) < 4.78 is 64.4. The van der Waals surface area contributed by atoms with Crippen molar-refractivity contribution in [3.63, 3.8) is 0 Å². The number of rotatable bonds is 8. The highest BCUT2D eigenvalue weighted by Gasteiger charge is 2.60. The summed E-state index contributed by atoms with van der Waals surface area (Å²) in [6, 6.07) is 0.0405. The van der Waals surface area contributed by atoms with Gasteiger partial charge in [-0.2, -0.15) is 0 Å². The van der Waals surface area contributed by atoms with Crippen molar-refractivity contribution in [1.82, 2.24) is 5.32 Å². The Balaban J connectivity index is 1.18. The molecule has 2 bridgehead atoms. The summed E-state index contributed by atoms with van der Waals surface area (Å²) in [6.45, 7) is 16.2. The molecule has 0 aromatic carbocycles. The first-order valence-corrected chi connectivity index (χ1v) is 22.9. The molecule has 8 unspecified atom stereocenters. The van der Waals surface area contributed by atoms with Crippen LogP contribution < -0.4 is 5.32 Å². The van der Waals surface area contributed by atoms with Crippen LogP contribution in [0.2, 0.25) is 0 Å². The van der Waals surface area contributed by atoms with Gasteiger partial charge < -0.3 is 63.0 Å². The van der Waals surface area contributed by atoms with E-state index in [1.54, 1.807) is 33.3 Å². The van der Waals surface area contributed by atoms with Crippen molar-refractivity contribution in [3.8, 4) is 0 Å². The third-order valence-corrected chi connectivity index (χ3v) is 14.3. The van der Waals surface area contributed by atoms with E-state index < -0.39 is 66.4 Å². The van der Waals surface area contributed by atoms with Crippen molar-refractivity contribution < 1.29 is 62.5 Å². The molecule has 4 saturated heterocycles. The van der Waals surface area contributed by atoms with Crippen LogP contribution in [0.4, 0.5) is 0 Å². The first-order chi connectivity index (χ1) is 30.0. The molecule has 0 saturated carbocycles. The van der Waals surface area contributed by atoms with Gasteiger partial charge in [0.25, 0.3) is 0 Å². The fourth-order valence-corrected chi connectivity index (χ4v) is 10.9. The first kappa shape index (κ1) is 48.1. The zero-order chi connectivity index (χ0) is 45.4. The van der Waals surface area contributed by atoms with Crippen LogP contribution in [-0.2, 0) is 52.2 Å². The number of carbonyl (C=O) groups is 1. The highest BCUT2D eigenvalue weighted by Crippen LogP contribution is 2.46. The largest absolute Gasteiger partial charge is 0.462 e. The van der Waals surface area contributed by atoms with Crippen molar-refractivity contribution in [1.29, 1.82) is 0 Å². The number of nitrogens with zero attached hydrogens (tertiary/aromatic N) is 1. The summed E-state index contributed by atoms with van der Waals surface area (Å²) in [5, 5.41) is 29.4. The number of nitrogens with one attached hydrogen (secondary N) is 1. The number of likely N-dealkylation sites (N-methyl/N-ethyl adjacent to an activating group) is 1. The van der Waals surface area contributed by atoms with E-state index >= 15 is 0 Å². The molecule has 0 amide bonds. The number of ether oxygens (including phenoxy) is 10. The summed E-state index contributed by atoms with van der Waals surface area (Å²) in [5.41, 5.74) is 0.249. The second kappa shape index (κ2) is 20.0. The first-order valence-electron chi connectivity index (χ1n) is 22.9. The smallest absolute Gasteiger partial charge is 0.316 e. The van der Waals surface area contributed by atoms with Gasteiger partial charge in [-0.05, 0) is 69.9 Å². The van der Waals surface area contributed by atoms with Crippen LogP contribution >= 0.6 is 0 Å². The van der Waals surface area contributed by atoms with Crippen LogP contribution in [-0.4, -0.2) is 141 Å². The maximum atomic E-state index is 14.4. The van der Waals surface area contributed by atoms with Crippen LogP contribution in [0.3, 0.4) is 0 Å². The van der Waals surface area contributed by atoms with Crippen LogP contribution in [0, 0.1) is 23.7 Å². The lowest BCUT2D eigenvalue weighted by Crippen LogP contribution is -2.57. The highest BCUT2D eigenvalue weighted by molar-refractivity contribution is 6.06. The topological polar surface area (TPSA) is 174 Å². The van der Waals surface area contributed by atoms with Gasteiger partial charge in [0, 0.05) is 51.7 Å². The lowest BCUT2D eigenvalue weighted by atomic mass is 9.71. The number of esters is 1. The van der Waals surface area contributed by atoms with Crippen molar-refractivity contribution >= 4 is 11.7 Å². The summed E-state index contributed by atoms with van der Waals surface area (Å²) in [4.78, 5) is 14.4. The Labute approximate surface area is 373 Å². The van der Waals surface area contributed by atoms with E-state index in [0.717, 1.165) is 5.57 Å². The van der Waals surface area contributed by atoms with Gasteiger partial charge in [-0.1, -0.05) is 69.3 Å². The number of oxime groups is 1. The second-order valence-electron chi connectivity index (χ2n) is 19.1. The molecular weight excluding hydrogens is 813 g/mol. The number of fused-ring (bicyclic) bond motifs is 2. The van der Waals surface area contributed by atoms with Crippen molar-refractivity contribution in [2.45, 2.75) is 179 Å². The van der Waals surface area contributed by atoms with Gasteiger partial charge in [-0.3, -0.25) is 4.79 Å². The normalized spacial score (nSPS) is 47.6.